The van der Waals surface area contributed by atoms with Crippen LogP contribution in [-0.4, -0.2) is 48.1 Å². The third kappa shape index (κ3) is 2.59. The van der Waals surface area contributed by atoms with Gasteiger partial charge in [0.1, 0.15) is 0 Å². The van der Waals surface area contributed by atoms with Crippen molar-refractivity contribution in [3.63, 3.8) is 0 Å². The molecular weight excluding hydrogens is 210 g/mol. The maximum absolute atomic E-state index is 4.07. The van der Waals surface area contributed by atoms with Crippen LogP contribution >= 0.6 is 0 Å². The summed E-state index contributed by atoms with van der Waals surface area (Å²) in [7, 11) is 4.10. The summed E-state index contributed by atoms with van der Waals surface area (Å²) in [4.78, 5) is 4.80. The smallest absolute Gasteiger partial charge is 0.0935 e. The van der Waals surface area contributed by atoms with E-state index in [2.05, 4.69) is 35.5 Å². The van der Waals surface area contributed by atoms with Crippen molar-refractivity contribution in [3.05, 3.63) is 12.4 Å². The molecule has 1 N–H and O–H groups in total. The lowest BCUT2D eigenvalue weighted by Gasteiger charge is -2.42. The molecule has 17 heavy (non-hydrogen) atoms. The molecule has 0 aromatic heterocycles. The Morgan fingerprint density at radius 1 is 1.24 bits per heavy atom. The molecule has 2 aliphatic heterocycles. The zero-order valence-corrected chi connectivity index (χ0v) is 11.7. The highest BCUT2D eigenvalue weighted by molar-refractivity contribution is 5.02. The fourth-order valence-corrected chi connectivity index (χ4v) is 3.54. The number of nitrogens with one attached hydrogen (secondary N) is 1. The molecule has 0 aliphatic carbocycles. The third-order valence-corrected chi connectivity index (χ3v) is 4.30. The fourth-order valence-electron chi connectivity index (χ4n) is 3.54. The molecule has 2 atom stereocenters. The lowest BCUT2D eigenvalue weighted by Crippen LogP contribution is -2.52. The normalized spacial score (nSPS) is 32.9. The maximum atomic E-state index is 4.07. The average molecular weight is 237 g/mol. The van der Waals surface area contributed by atoms with Crippen molar-refractivity contribution in [2.45, 2.75) is 63.7 Å². The van der Waals surface area contributed by atoms with Crippen LogP contribution in [0, 0.1) is 0 Å². The molecule has 0 radical (unpaired) electrons. The van der Waals surface area contributed by atoms with E-state index >= 15 is 0 Å². The van der Waals surface area contributed by atoms with Gasteiger partial charge < -0.3 is 10.2 Å². The molecule has 0 amide bonds. The minimum absolute atomic E-state index is 0.623. The van der Waals surface area contributed by atoms with Gasteiger partial charge in [-0.05, 0) is 39.5 Å². The molecule has 98 valence electrons. The first-order valence-electron chi connectivity index (χ1n) is 6.89. The molecule has 2 unspecified atom stereocenters. The van der Waals surface area contributed by atoms with E-state index in [1.165, 1.54) is 25.7 Å². The Balaban J connectivity index is 1.93. The molecule has 0 aromatic carbocycles. The highest BCUT2D eigenvalue weighted by Crippen LogP contribution is 2.37. The summed E-state index contributed by atoms with van der Waals surface area (Å²) in [6.07, 6.45) is 5.33. The van der Waals surface area contributed by atoms with Crippen LogP contribution in [0.5, 0.6) is 0 Å². The molecule has 2 aliphatic rings. The van der Waals surface area contributed by atoms with Crippen molar-refractivity contribution in [2.75, 3.05) is 14.1 Å². The Labute approximate surface area is 106 Å². The third-order valence-electron chi connectivity index (χ3n) is 4.30. The van der Waals surface area contributed by atoms with Gasteiger partial charge in [0, 0.05) is 38.3 Å². The molecule has 2 rings (SSSR count). The van der Waals surface area contributed by atoms with Crippen molar-refractivity contribution in [2.24, 2.45) is 0 Å². The minimum Gasteiger partial charge on any atom is -0.369 e. The molecule has 3 heteroatoms. The molecule has 2 saturated heterocycles. The number of hydrogen-bond acceptors (Lipinski definition) is 3. The van der Waals surface area contributed by atoms with Gasteiger partial charge in [-0.3, -0.25) is 4.90 Å². The van der Waals surface area contributed by atoms with Gasteiger partial charge in [0.2, 0.25) is 0 Å². The van der Waals surface area contributed by atoms with E-state index in [0.717, 1.165) is 17.9 Å². The van der Waals surface area contributed by atoms with Gasteiger partial charge in [0.05, 0.1) is 5.82 Å². The van der Waals surface area contributed by atoms with Crippen LogP contribution in [0.2, 0.25) is 0 Å². The summed E-state index contributed by atoms with van der Waals surface area (Å²) in [6.45, 7) is 8.74. The van der Waals surface area contributed by atoms with Crippen LogP contribution in [0.3, 0.4) is 0 Å². The van der Waals surface area contributed by atoms with Crippen molar-refractivity contribution >= 4 is 0 Å². The van der Waals surface area contributed by atoms with Crippen molar-refractivity contribution in [3.8, 4) is 0 Å². The van der Waals surface area contributed by atoms with Crippen molar-refractivity contribution in [1.29, 1.82) is 0 Å². The van der Waals surface area contributed by atoms with E-state index < -0.39 is 0 Å². The molecule has 2 fully saturated rings. The van der Waals surface area contributed by atoms with E-state index in [9.17, 15) is 0 Å². The fraction of sp³-hybridized carbons (Fsp3) is 0.857. The van der Waals surface area contributed by atoms with Crippen molar-refractivity contribution in [1.82, 2.24) is 15.1 Å². The summed E-state index contributed by atoms with van der Waals surface area (Å²) in [5.41, 5.74) is 0. The van der Waals surface area contributed by atoms with Crippen LogP contribution < -0.4 is 5.32 Å². The number of rotatable bonds is 4. The van der Waals surface area contributed by atoms with Crippen LogP contribution in [0.4, 0.5) is 0 Å². The van der Waals surface area contributed by atoms with Crippen LogP contribution in [0.15, 0.2) is 12.4 Å². The predicted octanol–water partition coefficient (Wildman–Crippen LogP) is 2.01. The van der Waals surface area contributed by atoms with Crippen LogP contribution in [0.25, 0.3) is 0 Å². The lowest BCUT2D eigenvalue weighted by molar-refractivity contribution is 0.0857. The highest BCUT2D eigenvalue weighted by Gasteiger charge is 2.41. The number of piperidine rings is 1. The van der Waals surface area contributed by atoms with E-state index in [4.69, 9.17) is 0 Å². The molecule has 3 nitrogen and oxygen atoms in total. The summed E-state index contributed by atoms with van der Waals surface area (Å²) < 4.78 is 0. The SMILES string of the molecule is C=C(NC1CC2CCC(C1)N2C(C)C)N(C)C. The van der Waals surface area contributed by atoms with Crippen molar-refractivity contribution < 1.29 is 0 Å². The molecule has 2 bridgehead atoms. The second-order valence-corrected chi connectivity index (χ2v) is 6.08. The predicted molar refractivity (Wildman–Crippen MR) is 72.8 cm³/mol. The Hall–Kier alpha value is -0.700. The quantitative estimate of drug-likeness (QED) is 0.807. The lowest BCUT2D eigenvalue weighted by atomic mass is 9.96. The Bertz CT molecular complexity index is 271. The maximum Gasteiger partial charge on any atom is 0.0935 e. The zero-order chi connectivity index (χ0) is 12.6. The van der Waals surface area contributed by atoms with E-state index in [-0.39, 0.29) is 0 Å². The number of nitrogens with zero attached hydrogens (tertiary/aromatic N) is 2. The molecule has 0 spiro atoms. The first-order chi connectivity index (χ1) is 7.99. The van der Waals surface area contributed by atoms with Gasteiger partial charge >= 0.3 is 0 Å². The average Bonchev–Trinajstić information content (AvgIpc) is 2.51. The van der Waals surface area contributed by atoms with E-state index in [1.54, 1.807) is 0 Å². The summed E-state index contributed by atoms with van der Waals surface area (Å²) >= 11 is 0. The van der Waals surface area contributed by atoms with E-state index in [0.29, 0.717) is 12.1 Å². The standard InChI is InChI=1S/C14H27N3/c1-10(2)17-13-6-7-14(17)9-12(8-13)15-11(3)16(4)5/h10,12-15H,3,6-9H2,1-2,4-5H3. The highest BCUT2D eigenvalue weighted by atomic mass is 15.3. The van der Waals surface area contributed by atoms with Crippen LogP contribution in [0.1, 0.15) is 39.5 Å². The van der Waals surface area contributed by atoms with Gasteiger partial charge in [-0.2, -0.15) is 0 Å². The summed E-state index contributed by atoms with van der Waals surface area (Å²) in [6, 6.07) is 2.91. The minimum atomic E-state index is 0.623. The van der Waals surface area contributed by atoms with Gasteiger partial charge in [-0.25, -0.2) is 0 Å². The Morgan fingerprint density at radius 2 is 1.76 bits per heavy atom. The van der Waals surface area contributed by atoms with Gasteiger partial charge in [-0.15, -0.1) is 0 Å². The van der Waals surface area contributed by atoms with E-state index in [1.807, 2.05) is 14.1 Å². The Kier molecular flexibility index (Phi) is 3.67. The first kappa shape index (κ1) is 12.7. The largest absolute Gasteiger partial charge is 0.369 e. The van der Waals surface area contributed by atoms with Crippen LogP contribution in [-0.2, 0) is 0 Å². The second-order valence-electron chi connectivity index (χ2n) is 6.08. The molecule has 2 heterocycles. The van der Waals surface area contributed by atoms with Gasteiger partial charge in [-0.1, -0.05) is 6.58 Å². The molecule has 0 saturated carbocycles. The van der Waals surface area contributed by atoms with Gasteiger partial charge in [0.15, 0.2) is 0 Å². The molecule has 0 aromatic rings. The molecular formula is C14H27N3. The van der Waals surface area contributed by atoms with Gasteiger partial charge in [0.25, 0.3) is 0 Å². The zero-order valence-electron chi connectivity index (χ0n) is 11.7. The number of fused-ring (bicyclic) bond motifs is 2. The topological polar surface area (TPSA) is 18.5 Å². The number of hydrogen-bond donors (Lipinski definition) is 1. The summed E-state index contributed by atoms with van der Waals surface area (Å²) in [5.74, 6) is 1.05. The second kappa shape index (κ2) is 4.89. The monoisotopic (exact) mass is 237 g/mol. The Morgan fingerprint density at radius 3 is 2.18 bits per heavy atom. The summed E-state index contributed by atoms with van der Waals surface area (Å²) in [5, 5.41) is 3.58. The first-order valence-corrected chi connectivity index (χ1v) is 6.89.